The molecule has 0 aliphatic heterocycles. The maximum atomic E-state index is 12.0. The summed E-state index contributed by atoms with van der Waals surface area (Å²) in [4.78, 5) is 12.0. The predicted molar refractivity (Wildman–Crippen MR) is 92.1 cm³/mol. The number of hydrogen-bond acceptors (Lipinski definition) is 2. The van der Waals surface area contributed by atoms with Gasteiger partial charge >= 0.3 is 0 Å². The van der Waals surface area contributed by atoms with Crippen molar-refractivity contribution in [3.8, 4) is 0 Å². The first kappa shape index (κ1) is 14.8. The molecule has 0 aliphatic carbocycles. The van der Waals surface area contributed by atoms with Crippen LogP contribution in [0.1, 0.15) is 22.8 Å². The second kappa shape index (κ2) is 7.24. The molecule has 1 N–H and O–H groups in total. The molecule has 102 valence electrons. The lowest BCUT2D eigenvalue weighted by Crippen LogP contribution is -1.96. The Hall–Kier alpha value is -1.62. The van der Waals surface area contributed by atoms with Crippen molar-refractivity contribution in [3.05, 3.63) is 75.5 Å². The van der Waals surface area contributed by atoms with E-state index in [0.29, 0.717) is 5.56 Å². The lowest BCUT2D eigenvalue weighted by molar-refractivity contribution is 0.104. The van der Waals surface area contributed by atoms with E-state index in [1.165, 1.54) is 9.13 Å². The molecule has 3 heteroatoms. The number of ketones is 1. The molecule has 0 saturated carbocycles. The summed E-state index contributed by atoms with van der Waals surface area (Å²) in [6.07, 6.45) is 4.22. The van der Waals surface area contributed by atoms with Crippen LogP contribution >= 0.6 is 22.6 Å². The minimum absolute atomic E-state index is 0.00525. The van der Waals surface area contributed by atoms with Gasteiger partial charge in [0.05, 0.1) is 0 Å². The summed E-state index contributed by atoms with van der Waals surface area (Å²) in [5, 5.41) is 3.09. The first-order valence-corrected chi connectivity index (χ1v) is 7.59. The van der Waals surface area contributed by atoms with Gasteiger partial charge in [-0.15, -0.1) is 0 Å². The number of nitrogens with one attached hydrogen (secondary N) is 1. The fraction of sp³-hybridized carbons (Fsp3) is 0.118. The molecule has 0 fully saturated rings. The molecule has 0 aliphatic rings. The number of benzene rings is 2. The first-order valence-electron chi connectivity index (χ1n) is 6.51. The average Bonchev–Trinajstić information content (AvgIpc) is 2.49. The third-order valence-electron chi connectivity index (χ3n) is 2.98. The highest BCUT2D eigenvalue weighted by atomic mass is 127. The molecule has 20 heavy (non-hydrogen) atoms. The summed E-state index contributed by atoms with van der Waals surface area (Å²) < 4.78 is 1.18. The zero-order chi connectivity index (χ0) is 14.4. The van der Waals surface area contributed by atoms with Crippen molar-refractivity contribution in [3.63, 3.8) is 0 Å². The van der Waals surface area contributed by atoms with Gasteiger partial charge in [-0.05, 0) is 58.8 Å². The smallest absolute Gasteiger partial charge is 0.187 e. The van der Waals surface area contributed by atoms with Crippen molar-refractivity contribution in [2.75, 3.05) is 5.32 Å². The van der Waals surface area contributed by atoms with Crippen LogP contribution in [0, 0.1) is 3.57 Å². The highest BCUT2D eigenvalue weighted by molar-refractivity contribution is 14.1. The highest BCUT2D eigenvalue weighted by Crippen LogP contribution is 2.11. The number of aryl methyl sites for hydroxylation is 1. The Bertz CT molecular complexity index is 600. The van der Waals surface area contributed by atoms with Crippen LogP contribution < -0.4 is 5.32 Å². The normalized spacial score (nSPS) is 10.7. The van der Waals surface area contributed by atoms with Gasteiger partial charge in [0.25, 0.3) is 0 Å². The fourth-order valence-corrected chi connectivity index (χ4v) is 2.12. The Morgan fingerprint density at radius 3 is 2.35 bits per heavy atom. The van der Waals surface area contributed by atoms with Crippen molar-refractivity contribution >= 4 is 34.1 Å². The van der Waals surface area contributed by atoms with Gasteiger partial charge in [0.1, 0.15) is 0 Å². The van der Waals surface area contributed by atoms with Gasteiger partial charge in [0.15, 0.2) is 5.78 Å². The van der Waals surface area contributed by atoms with E-state index in [1.54, 1.807) is 12.3 Å². The summed E-state index contributed by atoms with van der Waals surface area (Å²) in [5.74, 6) is 0.00525. The lowest BCUT2D eigenvalue weighted by atomic mass is 10.1. The number of carbonyl (C=O) groups is 1. The first-order chi connectivity index (χ1) is 9.69. The second-order valence-corrected chi connectivity index (χ2v) is 5.64. The SMILES string of the molecule is CCc1ccc(C(=O)C=CNc2ccc(I)cc2)cc1. The van der Waals surface area contributed by atoms with E-state index in [1.807, 2.05) is 48.5 Å². The van der Waals surface area contributed by atoms with E-state index in [9.17, 15) is 4.79 Å². The molecule has 0 atom stereocenters. The topological polar surface area (TPSA) is 29.1 Å². The van der Waals surface area contributed by atoms with Crippen LogP contribution in [0.5, 0.6) is 0 Å². The minimum atomic E-state index is 0.00525. The third kappa shape index (κ3) is 4.20. The number of halogens is 1. The largest absolute Gasteiger partial charge is 0.362 e. The summed E-state index contributed by atoms with van der Waals surface area (Å²) >= 11 is 2.26. The third-order valence-corrected chi connectivity index (χ3v) is 3.69. The lowest BCUT2D eigenvalue weighted by Gasteiger charge is -2.01. The maximum Gasteiger partial charge on any atom is 0.187 e. The quantitative estimate of drug-likeness (QED) is 0.467. The molecule has 0 amide bonds. The summed E-state index contributed by atoms with van der Waals surface area (Å²) in [5.41, 5.74) is 2.92. The Morgan fingerprint density at radius 1 is 1.10 bits per heavy atom. The Labute approximate surface area is 133 Å². The molecule has 0 heterocycles. The predicted octanol–water partition coefficient (Wildman–Crippen LogP) is 4.66. The summed E-state index contributed by atoms with van der Waals surface area (Å²) in [6.45, 7) is 2.10. The molecular weight excluding hydrogens is 361 g/mol. The van der Waals surface area contributed by atoms with E-state index < -0.39 is 0 Å². The fourth-order valence-electron chi connectivity index (χ4n) is 1.76. The van der Waals surface area contributed by atoms with Crippen LogP contribution in [0.4, 0.5) is 5.69 Å². The zero-order valence-corrected chi connectivity index (χ0v) is 13.4. The van der Waals surface area contributed by atoms with E-state index in [-0.39, 0.29) is 5.78 Å². The monoisotopic (exact) mass is 377 g/mol. The van der Waals surface area contributed by atoms with E-state index >= 15 is 0 Å². The molecule has 2 aromatic rings. The molecule has 0 radical (unpaired) electrons. The number of anilines is 1. The standard InChI is InChI=1S/C17H16INO/c1-2-13-3-5-14(6-4-13)17(20)11-12-19-16-9-7-15(18)8-10-16/h3-12,19H,2H2,1H3. The number of rotatable bonds is 5. The molecule has 0 spiro atoms. The van der Waals surface area contributed by atoms with Gasteiger partial charge < -0.3 is 5.32 Å². The minimum Gasteiger partial charge on any atom is -0.362 e. The summed E-state index contributed by atoms with van der Waals surface area (Å²) in [6, 6.07) is 15.7. The zero-order valence-electron chi connectivity index (χ0n) is 11.3. The van der Waals surface area contributed by atoms with Gasteiger partial charge in [-0.3, -0.25) is 4.79 Å². The van der Waals surface area contributed by atoms with Gasteiger partial charge in [-0.2, -0.15) is 0 Å². The molecule has 2 rings (SSSR count). The average molecular weight is 377 g/mol. The van der Waals surface area contributed by atoms with E-state index in [4.69, 9.17) is 0 Å². The molecule has 0 unspecified atom stereocenters. The van der Waals surface area contributed by atoms with Crippen LogP contribution in [-0.2, 0) is 6.42 Å². The van der Waals surface area contributed by atoms with E-state index in [0.717, 1.165) is 12.1 Å². The highest BCUT2D eigenvalue weighted by Gasteiger charge is 2.00. The molecule has 2 nitrogen and oxygen atoms in total. The van der Waals surface area contributed by atoms with Gasteiger partial charge in [-0.1, -0.05) is 31.2 Å². The Morgan fingerprint density at radius 2 is 1.75 bits per heavy atom. The van der Waals surface area contributed by atoms with Crippen molar-refractivity contribution in [2.24, 2.45) is 0 Å². The van der Waals surface area contributed by atoms with Crippen LogP contribution in [0.3, 0.4) is 0 Å². The number of hydrogen-bond donors (Lipinski definition) is 1. The molecule has 0 aromatic heterocycles. The molecule has 0 bridgehead atoms. The van der Waals surface area contributed by atoms with Crippen LogP contribution in [0.2, 0.25) is 0 Å². The van der Waals surface area contributed by atoms with E-state index in [2.05, 4.69) is 34.8 Å². The number of carbonyl (C=O) groups excluding carboxylic acids is 1. The molecule has 0 saturated heterocycles. The van der Waals surface area contributed by atoms with Crippen LogP contribution in [0.15, 0.2) is 60.8 Å². The molecule has 2 aromatic carbocycles. The Kier molecular flexibility index (Phi) is 5.35. The summed E-state index contributed by atoms with van der Waals surface area (Å²) in [7, 11) is 0. The number of allylic oxidation sites excluding steroid dienone is 1. The maximum absolute atomic E-state index is 12.0. The van der Waals surface area contributed by atoms with Gasteiger partial charge in [0.2, 0.25) is 0 Å². The van der Waals surface area contributed by atoms with Crippen molar-refractivity contribution in [2.45, 2.75) is 13.3 Å². The second-order valence-electron chi connectivity index (χ2n) is 4.40. The molecular formula is C17H16INO. The van der Waals surface area contributed by atoms with Crippen molar-refractivity contribution in [1.29, 1.82) is 0 Å². The van der Waals surface area contributed by atoms with Crippen LogP contribution in [-0.4, -0.2) is 5.78 Å². The Balaban J connectivity index is 1.96. The van der Waals surface area contributed by atoms with Crippen molar-refractivity contribution in [1.82, 2.24) is 0 Å². The van der Waals surface area contributed by atoms with Crippen molar-refractivity contribution < 1.29 is 4.79 Å². The van der Waals surface area contributed by atoms with Crippen LogP contribution in [0.25, 0.3) is 0 Å². The van der Waals surface area contributed by atoms with Gasteiger partial charge in [0, 0.05) is 27.1 Å². The van der Waals surface area contributed by atoms with Gasteiger partial charge in [-0.25, -0.2) is 0 Å².